The van der Waals surface area contributed by atoms with Crippen molar-refractivity contribution >= 4 is 11.6 Å². The van der Waals surface area contributed by atoms with Crippen molar-refractivity contribution in [3.63, 3.8) is 0 Å². The van der Waals surface area contributed by atoms with Gasteiger partial charge in [-0.3, -0.25) is 4.57 Å². The molecule has 1 unspecified atom stereocenters. The second-order valence-corrected chi connectivity index (χ2v) is 3.82. The van der Waals surface area contributed by atoms with Gasteiger partial charge in [0.25, 0.3) is 0 Å². The van der Waals surface area contributed by atoms with Crippen LogP contribution < -0.4 is 5.32 Å². The van der Waals surface area contributed by atoms with Crippen LogP contribution in [0.25, 0.3) is 0 Å². The van der Waals surface area contributed by atoms with Crippen molar-refractivity contribution in [1.82, 2.24) is 9.55 Å². The van der Waals surface area contributed by atoms with Gasteiger partial charge in [-0.25, -0.2) is 0 Å². The molecule has 0 saturated carbocycles. The van der Waals surface area contributed by atoms with E-state index in [0.29, 0.717) is 5.82 Å². The maximum absolute atomic E-state index is 10.8. The van der Waals surface area contributed by atoms with Gasteiger partial charge in [0.1, 0.15) is 0 Å². The van der Waals surface area contributed by atoms with Gasteiger partial charge < -0.3 is 15.4 Å². The number of nitro groups is 1. The summed E-state index contributed by atoms with van der Waals surface area (Å²) in [5, 5.41) is 13.9. The van der Waals surface area contributed by atoms with Crippen molar-refractivity contribution in [1.29, 1.82) is 0 Å². The summed E-state index contributed by atoms with van der Waals surface area (Å²) in [6, 6.07) is 0.263. The van der Waals surface area contributed by atoms with E-state index in [1.165, 1.54) is 6.33 Å². The maximum atomic E-state index is 10.8. The Morgan fingerprint density at radius 2 is 2.31 bits per heavy atom. The van der Waals surface area contributed by atoms with Crippen LogP contribution in [0.4, 0.5) is 11.6 Å². The molecule has 0 bridgehead atoms. The molecule has 1 atom stereocenters. The monoisotopic (exact) mass is 226 g/mol. The number of nitrogens with zero attached hydrogens (tertiary/aromatic N) is 3. The third kappa shape index (κ3) is 2.71. The Morgan fingerprint density at radius 3 is 2.81 bits per heavy atom. The molecule has 90 valence electrons. The number of aromatic nitrogens is 2. The first-order chi connectivity index (χ1) is 7.60. The lowest BCUT2D eigenvalue weighted by Crippen LogP contribution is -2.20. The molecule has 0 aromatic carbocycles. The van der Waals surface area contributed by atoms with Crippen LogP contribution in [-0.4, -0.2) is 20.5 Å². The number of nitrogens with one attached hydrogen (secondary N) is 1. The first-order valence-electron chi connectivity index (χ1n) is 5.52. The number of hydrogen-bond acceptors (Lipinski definition) is 4. The van der Waals surface area contributed by atoms with Crippen LogP contribution in [0.5, 0.6) is 0 Å². The number of rotatable bonds is 6. The maximum Gasteiger partial charge on any atom is 0.406 e. The zero-order valence-corrected chi connectivity index (χ0v) is 9.93. The molecule has 1 N–H and O–H groups in total. The van der Waals surface area contributed by atoms with Crippen molar-refractivity contribution < 1.29 is 4.92 Å². The Morgan fingerprint density at radius 1 is 1.62 bits per heavy atom. The van der Waals surface area contributed by atoms with Crippen molar-refractivity contribution in [3.8, 4) is 0 Å². The van der Waals surface area contributed by atoms with E-state index in [4.69, 9.17) is 0 Å². The fraction of sp³-hybridized carbons (Fsp3) is 0.700. The summed E-state index contributed by atoms with van der Waals surface area (Å²) < 4.78 is 1.65. The van der Waals surface area contributed by atoms with Crippen molar-refractivity contribution in [2.45, 2.75) is 39.2 Å². The van der Waals surface area contributed by atoms with Gasteiger partial charge in [-0.15, -0.1) is 0 Å². The van der Waals surface area contributed by atoms with Crippen LogP contribution in [-0.2, 0) is 7.05 Å². The lowest BCUT2D eigenvalue weighted by molar-refractivity contribution is -0.388. The topological polar surface area (TPSA) is 73.0 Å². The molecule has 0 aliphatic rings. The molecular weight excluding hydrogens is 208 g/mol. The fourth-order valence-corrected chi connectivity index (χ4v) is 1.64. The molecule has 6 heteroatoms. The number of anilines is 1. The largest absolute Gasteiger partial charge is 0.406 e. The second kappa shape index (κ2) is 5.48. The Labute approximate surface area is 94.8 Å². The lowest BCUT2D eigenvalue weighted by atomic mass is 10.1. The highest BCUT2D eigenvalue weighted by atomic mass is 16.6. The number of aryl methyl sites for hydroxylation is 1. The quantitative estimate of drug-likeness (QED) is 0.596. The molecule has 1 rings (SSSR count). The molecule has 1 aromatic heterocycles. The van der Waals surface area contributed by atoms with Crippen LogP contribution >= 0.6 is 0 Å². The van der Waals surface area contributed by atoms with Crippen molar-refractivity contribution in [3.05, 3.63) is 16.4 Å². The van der Waals surface area contributed by atoms with E-state index in [-0.39, 0.29) is 11.9 Å². The summed E-state index contributed by atoms with van der Waals surface area (Å²) in [5.74, 6) is 0.391. The highest BCUT2D eigenvalue weighted by Crippen LogP contribution is 2.23. The summed E-state index contributed by atoms with van der Waals surface area (Å²) in [6.45, 7) is 4.16. The van der Waals surface area contributed by atoms with E-state index < -0.39 is 4.92 Å². The minimum atomic E-state index is -0.457. The molecule has 16 heavy (non-hydrogen) atoms. The Hall–Kier alpha value is -1.59. The SMILES string of the molecule is CCCC(CC)Nc1c([N+](=O)[O-])ncn1C. The molecule has 1 aromatic rings. The zero-order valence-electron chi connectivity index (χ0n) is 9.93. The average Bonchev–Trinajstić information content (AvgIpc) is 2.60. The van der Waals surface area contributed by atoms with Crippen LogP contribution in [0, 0.1) is 10.1 Å². The predicted octanol–water partition coefficient (Wildman–Crippen LogP) is 2.32. The zero-order chi connectivity index (χ0) is 12.1. The van der Waals surface area contributed by atoms with Crippen LogP contribution in [0.15, 0.2) is 6.33 Å². The number of imidazole rings is 1. The summed E-state index contributed by atoms with van der Waals surface area (Å²) in [4.78, 5) is 14.1. The van der Waals surface area contributed by atoms with Gasteiger partial charge in [-0.05, 0) is 22.7 Å². The first kappa shape index (κ1) is 12.5. The molecule has 1 heterocycles. The fourth-order valence-electron chi connectivity index (χ4n) is 1.64. The molecular formula is C10H18N4O2. The highest BCUT2D eigenvalue weighted by molar-refractivity contribution is 5.52. The minimum absolute atomic E-state index is 0.1000. The van der Waals surface area contributed by atoms with Gasteiger partial charge in [0, 0.05) is 13.1 Å². The van der Waals surface area contributed by atoms with E-state index in [1.54, 1.807) is 11.6 Å². The molecule has 0 spiro atoms. The molecule has 0 radical (unpaired) electrons. The summed E-state index contributed by atoms with van der Waals surface area (Å²) >= 11 is 0. The minimum Gasteiger partial charge on any atom is -0.362 e. The van der Waals surface area contributed by atoms with Crippen LogP contribution in [0.2, 0.25) is 0 Å². The van der Waals surface area contributed by atoms with Gasteiger partial charge in [0.15, 0.2) is 0 Å². The van der Waals surface area contributed by atoms with E-state index in [9.17, 15) is 10.1 Å². The second-order valence-electron chi connectivity index (χ2n) is 3.82. The van der Waals surface area contributed by atoms with Gasteiger partial charge in [0.05, 0.1) is 0 Å². The predicted molar refractivity (Wildman–Crippen MR) is 62.5 cm³/mol. The van der Waals surface area contributed by atoms with Crippen molar-refractivity contribution in [2.75, 3.05) is 5.32 Å². The third-order valence-corrected chi connectivity index (χ3v) is 2.56. The Balaban J connectivity index is 2.85. The number of hydrogen-bond donors (Lipinski definition) is 1. The van der Waals surface area contributed by atoms with E-state index in [1.807, 2.05) is 0 Å². The van der Waals surface area contributed by atoms with Crippen LogP contribution in [0.1, 0.15) is 33.1 Å². The summed E-state index contributed by atoms with van der Waals surface area (Å²) in [5.41, 5.74) is 0. The van der Waals surface area contributed by atoms with E-state index in [0.717, 1.165) is 19.3 Å². The van der Waals surface area contributed by atoms with Gasteiger partial charge in [-0.1, -0.05) is 20.3 Å². The molecule has 0 aliphatic heterocycles. The van der Waals surface area contributed by atoms with Crippen LogP contribution in [0.3, 0.4) is 0 Å². The third-order valence-electron chi connectivity index (χ3n) is 2.56. The summed E-state index contributed by atoms with van der Waals surface area (Å²) in [6.07, 6.45) is 4.45. The molecule has 0 aliphatic carbocycles. The Kier molecular flexibility index (Phi) is 4.28. The van der Waals surface area contributed by atoms with Gasteiger partial charge in [0.2, 0.25) is 12.1 Å². The van der Waals surface area contributed by atoms with E-state index >= 15 is 0 Å². The van der Waals surface area contributed by atoms with Crippen molar-refractivity contribution in [2.24, 2.45) is 7.05 Å². The summed E-state index contributed by atoms with van der Waals surface area (Å²) in [7, 11) is 1.75. The smallest absolute Gasteiger partial charge is 0.362 e. The lowest BCUT2D eigenvalue weighted by Gasteiger charge is -2.16. The molecule has 0 saturated heterocycles. The van der Waals surface area contributed by atoms with E-state index in [2.05, 4.69) is 24.1 Å². The Bertz CT molecular complexity index is 362. The normalized spacial score (nSPS) is 12.4. The molecule has 0 fully saturated rings. The first-order valence-corrected chi connectivity index (χ1v) is 5.52. The highest BCUT2D eigenvalue weighted by Gasteiger charge is 2.21. The molecule has 6 nitrogen and oxygen atoms in total. The average molecular weight is 226 g/mol. The van der Waals surface area contributed by atoms with Gasteiger partial charge >= 0.3 is 5.82 Å². The standard InChI is InChI=1S/C10H18N4O2/c1-4-6-8(5-2)12-10-9(14(15)16)11-7-13(10)3/h7-8,12H,4-6H2,1-3H3. The molecule has 0 amide bonds. The van der Waals surface area contributed by atoms with Gasteiger partial charge in [-0.2, -0.15) is 0 Å².